The Morgan fingerprint density at radius 2 is 1.74 bits per heavy atom. The summed E-state index contributed by atoms with van der Waals surface area (Å²) in [6, 6.07) is 10.8. The smallest absolute Gasteiger partial charge is 0.410 e. The van der Waals surface area contributed by atoms with Crippen LogP contribution in [0.2, 0.25) is 0 Å². The fourth-order valence-electron chi connectivity index (χ4n) is 4.55. The van der Waals surface area contributed by atoms with Crippen LogP contribution in [0.5, 0.6) is 0 Å². The average molecular weight is 427 g/mol. The van der Waals surface area contributed by atoms with Crippen LogP contribution < -0.4 is 5.56 Å². The second-order valence-corrected chi connectivity index (χ2v) is 9.70. The third kappa shape index (κ3) is 5.21. The van der Waals surface area contributed by atoms with Crippen molar-refractivity contribution in [3.05, 3.63) is 57.5 Å². The van der Waals surface area contributed by atoms with Crippen LogP contribution in [-0.2, 0) is 24.1 Å². The highest BCUT2D eigenvalue weighted by molar-refractivity contribution is 5.68. The zero-order valence-electron chi connectivity index (χ0n) is 18.9. The van der Waals surface area contributed by atoms with Crippen molar-refractivity contribution in [3.8, 4) is 0 Å². The van der Waals surface area contributed by atoms with Gasteiger partial charge >= 0.3 is 6.09 Å². The lowest BCUT2D eigenvalue weighted by molar-refractivity contribution is 0.0258. The molecule has 1 aromatic carbocycles. The third-order valence-electron chi connectivity index (χ3n) is 6.18. The van der Waals surface area contributed by atoms with Gasteiger partial charge in [0.1, 0.15) is 5.60 Å². The van der Waals surface area contributed by atoms with Crippen LogP contribution in [0.4, 0.5) is 4.79 Å². The van der Waals surface area contributed by atoms with Gasteiger partial charge in [-0.05, 0) is 45.6 Å². The van der Waals surface area contributed by atoms with E-state index in [1.807, 2.05) is 31.5 Å². The molecule has 1 saturated heterocycles. The highest BCUT2D eigenvalue weighted by Gasteiger charge is 2.29. The van der Waals surface area contributed by atoms with Gasteiger partial charge in [-0.1, -0.05) is 30.3 Å². The van der Waals surface area contributed by atoms with E-state index in [0.29, 0.717) is 25.9 Å². The standard InChI is InChI=1S/C24H34N4O3/c1-24(2,3)31-23(30)27-15-11-20-21(12-16-27)25-28(22(20)29)19-9-13-26(14-10-19)17-18-7-5-4-6-8-18/h4-8,19,25H,9-17H2,1-3H3. The van der Waals surface area contributed by atoms with Crippen LogP contribution >= 0.6 is 0 Å². The molecule has 1 aromatic heterocycles. The number of benzene rings is 1. The number of nitrogens with one attached hydrogen (secondary N) is 1. The van der Waals surface area contributed by atoms with Gasteiger partial charge in [0.05, 0.1) is 6.04 Å². The Morgan fingerprint density at radius 1 is 1.06 bits per heavy atom. The molecule has 0 atom stereocenters. The van der Waals surface area contributed by atoms with E-state index in [2.05, 4.69) is 34.3 Å². The van der Waals surface area contributed by atoms with Crippen molar-refractivity contribution in [1.29, 1.82) is 0 Å². The van der Waals surface area contributed by atoms with Gasteiger partial charge in [-0.15, -0.1) is 0 Å². The van der Waals surface area contributed by atoms with E-state index in [9.17, 15) is 9.59 Å². The number of carbonyl (C=O) groups excluding carboxylic acids is 1. The molecule has 2 aliphatic heterocycles. The number of hydrogen-bond acceptors (Lipinski definition) is 4. The second-order valence-electron chi connectivity index (χ2n) is 9.70. The predicted octanol–water partition coefficient (Wildman–Crippen LogP) is 3.35. The van der Waals surface area contributed by atoms with E-state index in [0.717, 1.165) is 43.7 Å². The molecule has 0 bridgehead atoms. The summed E-state index contributed by atoms with van der Waals surface area (Å²) in [5, 5.41) is 3.39. The molecule has 3 heterocycles. The minimum absolute atomic E-state index is 0.0857. The molecule has 4 rings (SSSR count). The largest absolute Gasteiger partial charge is 0.444 e. The van der Waals surface area contributed by atoms with Crippen LogP contribution in [0, 0.1) is 0 Å². The number of rotatable bonds is 3. The summed E-state index contributed by atoms with van der Waals surface area (Å²) in [5.41, 5.74) is 2.71. The average Bonchev–Trinajstić information content (AvgIpc) is 2.90. The molecule has 2 aromatic rings. The highest BCUT2D eigenvalue weighted by atomic mass is 16.6. The van der Waals surface area contributed by atoms with Gasteiger partial charge in [0.25, 0.3) is 5.56 Å². The number of nitrogens with zero attached hydrogens (tertiary/aromatic N) is 3. The maximum absolute atomic E-state index is 13.1. The van der Waals surface area contributed by atoms with Crippen LogP contribution in [0.3, 0.4) is 0 Å². The second kappa shape index (κ2) is 8.91. The van der Waals surface area contributed by atoms with E-state index in [1.165, 1.54) is 5.56 Å². The van der Waals surface area contributed by atoms with Gasteiger partial charge in [-0.2, -0.15) is 0 Å². The SMILES string of the molecule is CC(C)(C)OC(=O)N1CCc2[nH]n(C3CCN(Cc4ccccc4)CC3)c(=O)c2CC1. The van der Waals surface area contributed by atoms with Gasteiger partial charge < -0.3 is 9.64 Å². The molecule has 1 fully saturated rings. The lowest BCUT2D eigenvalue weighted by Gasteiger charge is -2.32. The van der Waals surface area contributed by atoms with Crippen molar-refractivity contribution < 1.29 is 9.53 Å². The van der Waals surface area contributed by atoms with Gasteiger partial charge in [0.15, 0.2) is 0 Å². The summed E-state index contributed by atoms with van der Waals surface area (Å²) in [4.78, 5) is 29.7. The molecule has 2 aliphatic rings. The van der Waals surface area contributed by atoms with Gasteiger partial charge in [0.2, 0.25) is 0 Å². The number of H-pyrrole nitrogens is 1. The number of aromatic amines is 1. The molecule has 0 spiro atoms. The normalized spacial score (nSPS) is 18.5. The number of aromatic nitrogens is 2. The van der Waals surface area contributed by atoms with Crippen molar-refractivity contribution >= 4 is 6.09 Å². The van der Waals surface area contributed by atoms with Gasteiger partial charge in [0, 0.05) is 50.4 Å². The Balaban J connectivity index is 1.36. The number of piperidine rings is 1. The van der Waals surface area contributed by atoms with Gasteiger partial charge in [-0.3, -0.25) is 14.8 Å². The Labute approximate surface area is 184 Å². The predicted molar refractivity (Wildman–Crippen MR) is 120 cm³/mol. The first kappa shape index (κ1) is 21.7. The molecule has 0 unspecified atom stereocenters. The van der Waals surface area contributed by atoms with Crippen molar-refractivity contribution in [3.63, 3.8) is 0 Å². The van der Waals surface area contributed by atoms with Crippen LogP contribution in [0.1, 0.15) is 56.5 Å². The minimum Gasteiger partial charge on any atom is -0.444 e. The van der Waals surface area contributed by atoms with Crippen LogP contribution in [-0.4, -0.2) is 57.5 Å². The van der Waals surface area contributed by atoms with E-state index >= 15 is 0 Å². The number of carbonyl (C=O) groups is 1. The van der Waals surface area contributed by atoms with E-state index in [1.54, 1.807) is 4.90 Å². The number of ether oxygens (including phenoxy) is 1. The van der Waals surface area contributed by atoms with E-state index in [4.69, 9.17) is 4.74 Å². The maximum atomic E-state index is 13.1. The van der Waals surface area contributed by atoms with Crippen molar-refractivity contribution in [2.24, 2.45) is 0 Å². The monoisotopic (exact) mass is 426 g/mol. The Hall–Kier alpha value is -2.54. The van der Waals surface area contributed by atoms with E-state index < -0.39 is 5.60 Å². The summed E-state index contributed by atoms with van der Waals surface area (Å²) >= 11 is 0. The quantitative estimate of drug-likeness (QED) is 0.817. The van der Waals surface area contributed by atoms with Crippen molar-refractivity contribution in [1.82, 2.24) is 19.6 Å². The summed E-state index contributed by atoms with van der Waals surface area (Å²) in [6.07, 6.45) is 2.86. The summed E-state index contributed by atoms with van der Waals surface area (Å²) in [7, 11) is 0. The Bertz CT molecular complexity index is 949. The molecule has 0 saturated carbocycles. The molecule has 168 valence electrons. The highest BCUT2D eigenvalue weighted by Crippen LogP contribution is 2.23. The molecular formula is C24H34N4O3. The number of amides is 1. The number of fused-ring (bicyclic) bond motifs is 1. The fourth-order valence-corrected chi connectivity index (χ4v) is 4.55. The fraction of sp³-hybridized carbons (Fsp3) is 0.583. The summed E-state index contributed by atoms with van der Waals surface area (Å²) in [5.74, 6) is 0. The maximum Gasteiger partial charge on any atom is 0.410 e. The van der Waals surface area contributed by atoms with Crippen molar-refractivity contribution in [2.75, 3.05) is 26.2 Å². The third-order valence-corrected chi connectivity index (χ3v) is 6.18. The first-order valence-electron chi connectivity index (χ1n) is 11.4. The molecule has 1 N–H and O–H groups in total. The lowest BCUT2D eigenvalue weighted by atomic mass is 10.0. The topological polar surface area (TPSA) is 70.6 Å². The lowest BCUT2D eigenvalue weighted by Crippen LogP contribution is -2.39. The van der Waals surface area contributed by atoms with E-state index in [-0.39, 0.29) is 17.7 Å². The first-order valence-corrected chi connectivity index (χ1v) is 11.4. The van der Waals surface area contributed by atoms with Crippen LogP contribution in [0.25, 0.3) is 0 Å². The summed E-state index contributed by atoms with van der Waals surface area (Å²) < 4.78 is 7.35. The van der Waals surface area contributed by atoms with Crippen molar-refractivity contribution in [2.45, 2.75) is 64.6 Å². The molecule has 1 amide bonds. The molecule has 0 aliphatic carbocycles. The molecule has 0 radical (unpaired) electrons. The number of likely N-dealkylation sites (tertiary alicyclic amines) is 1. The minimum atomic E-state index is -0.514. The molecule has 31 heavy (non-hydrogen) atoms. The van der Waals surface area contributed by atoms with Gasteiger partial charge in [-0.25, -0.2) is 9.48 Å². The Kier molecular flexibility index (Phi) is 6.23. The first-order chi connectivity index (χ1) is 14.8. The van der Waals surface area contributed by atoms with Crippen LogP contribution in [0.15, 0.2) is 35.1 Å². The number of hydrogen-bond donors (Lipinski definition) is 1. The zero-order chi connectivity index (χ0) is 22.0. The molecule has 7 nitrogen and oxygen atoms in total. The summed E-state index contributed by atoms with van der Waals surface area (Å²) in [6.45, 7) is 9.63. The molecular weight excluding hydrogens is 392 g/mol. The molecule has 7 heteroatoms. The Morgan fingerprint density at radius 3 is 2.42 bits per heavy atom. The zero-order valence-corrected chi connectivity index (χ0v) is 18.9.